The lowest BCUT2D eigenvalue weighted by molar-refractivity contribution is 0.0545. The number of benzene rings is 6. The van der Waals surface area contributed by atoms with E-state index in [2.05, 4.69) is 18.2 Å². The molecule has 1 heterocycles. The van der Waals surface area contributed by atoms with Crippen LogP contribution in [-0.4, -0.2) is 9.21 Å². The minimum absolute atomic E-state index is 0.342. The first-order valence-electron chi connectivity index (χ1n) is 16.1. The first-order chi connectivity index (χ1) is 26.5. The Morgan fingerprint density at radius 1 is 0.444 bits per heavy atom. The van der Waals surface area contributed by atoms with Crippen molar-refractivity contribution in [3.05, 3.63) is 180 Å². The maximum absolute atomic E-state index is 9.52. The number of nitrogens with zero attached hydrogens (tertiary/aromatic N) is 6. The number of rotatable bonds is 12. The molecule has 0 amide bonds. The van der Waals surface area contributed by atoms with Crippen molar-refractivity contribution in [3.8, 4) is 52.7 Å². The zero-order valence-electron chi connectivity index (χ0n) is 28.1. The van der Waals surface area contributed by atoms with E-state index in [1.807, 2.05) is 54.6 Å². The monoisotopic (exact) mass is 768 g/mol. The lowest BCUT2D eigenvalue weighted by Gasteiger charge is -2.43. The fourth-order valence-electron chi connectivity index (χ4n) is 4.66. The Morgan fingerprint density at radius 2 is 0.833 bits per heavy atom. The highest BCUT2D eigenvalue weighted by Crippen LogP contribution is 2.77. The highest BCUT2D eigenvalue weighted by atomic mass is 31.3. The van der Waals surface area contributed by atoms with Gasteiger partial charge in [-0.25, -0.2) is 0 Å². The minimum Gasteiger partial charge on any atom is -0.440 e. The molecule has 264 valence electrons. The molecular formula is C39H27N6O6P3. The Hall–Kier alpha value is -6.40. The molecule has 12 nitrogen and oxygen atoms in total. The zero-order chi connectivity index (χ0) is 37.2. The predicted molar refractivity (Wildman–Crippen MR) is 203 cm³/mol. The quantitative estimate of drug-likeness (QED) is 0.110. The van der Waals surface area contributed by atoms with Gasteiger partial charge in [-0.3, -0.25) is 0 Å². The molecule has 0 spiro atoms. The molecule has 0 bridgehead atoms. The van der Waals surface area contributed by atoms with Gasteiger partial charge in [-0.05, 0) is 109 Å². The van der Waals surface area contributed by atoms with Crippen molar-refractivity contribution in [2.45, 2.75) is 0 Å². The van der Waals surface area contributed by atoms with E-state index < -0.39 is 24.6 Å². The molecule has 0 aliphatic carbocycles. The first-order valence-corrected chi connectivity index (χ1v) is 20.0. The van der Waals surface area contributed by atoms with Crippen LogP contribution in [0.1, 0.15) is 16.7 Å². The van der Waals surface area contributed by atoms with Gasteiger partial charge in [0.1, 0.15) is 34.5 Å². The van der Waals surface area contributed by atoms with Crippen LogP contribution in [0, 0.1) is 34.0 Å². The van der Waals surface area contributed by atoms with Crippen LogP contribution >= 0.6 is 24.6 Å². The third-order valence-corrected chi connectivity index (χ3v) is 14.1. The summed E-state index contributed by atoms with van der Waals surface area (Å²) in [6.07, 6.45) is 0. The number of hydrogen-bond donors (Lipinski definition) is 0. The van der Waals surface area contributed by atoms with E-state index in [0.717, 1.165) is 0 Å². The summed E-state index contributed by atoms with van der Waals surface area (Å²) in [4.78, 5) is 13.3. The molecule has 0 saturated carbocycles. The van der Waals surface area contributed by atoms with Gasteiger partial charge in [0.2, 0.25) is 0 Å². The lowest BCUT2D eigenvalue weighted by Crippen LogP contribution is -2.37. The summed E-state index contributed by atoms with van der Waals surface area (Å²) in [5.41, 5.74) is 1.31. The average Bonchev–Trinajstić information content (AvgIpc) is 3.22. The van der Waals surface area contributed by atoms with E-state index in [4.69, 9.17) is 32.3 Å². The predicted octanol–water partition coefficient (Wildman–Crippen LogP) is 10.9. The van der Waals surface area contributed by atoms with Gasteiger partial charge in [0.15, 0.2) is 0 Å². The third-order valence-electron chi connectivity index (χ3n) is 7.22. The largest absolute Gasteiger partial charge is 0.447 e. The van der Waals surface area contributed by atoms with Crippen LogP contribution in [0.2, 0.25) is 0 Å². The molecule has 0 N–H and O–H groups in total. The van der Waals surface area contributed by atoms with E-state index in [1.165, 1.54) is 9.21 Å². The fraction of sp³-hybridized carbons (Fsp3) is 0. The van der Waals surface area contributed by atoms with E-state index in [1.54, 1.807) is 109 Å². The van der Waals surface area contributed by atoms with Crippen LogP contribution in [0.4, 0.5) is 0 Å². The molecule has 2 unspecified atom stereocenters. The maximum Gasteiger partial charge on any atom is 0.447 e. The summed E-state index contributed by atoms with van der Waals surface area (Å²) in [6.45, 7) is 0. The van der Waals surface area contributed by atoms with Crippen molar-refractivity contribution in [2.24, 2.45) is 4.52 Å². The van der Waals surface area contributed by atoms with Gasteiger partial charge in [0.05, 0.1) is 34.9 Å². The molecular weight excluding hydrogens is 741 g/mol. The summed E-state index contributed by atoms with van der Waals surface area (Å²) >= 11 is 0. The molecule has 6 aromatic rings. The van der Waals surface area contributed by atoms with Crippen LogP contribution in [0.3, 0.4) is 0 Å². The Morgan fingerprint density at radius 3 is 1.28 bits per heavy atom. The summed E-state index contributed by atoms with van der Waals surface area (Å²) in [5.74, 6) is 2.35. The minimum atomic E-state index is -3.91. The van der Waals surface area contributed by atoms with Gasteiger partial charge in [0, 0.05) is 9.21 Å². The van der Waals surface area contributed by atoms with E-state index >= 15 is 0 Å². The summed E-state index contributed by atoms with van der Waals surface area (Å²) in [5, 5.41) is 28.5. The Balaban J connectivity index is 1.47. The molecule has 1 aliphatic rings. The van der Waals surface area contributed by atoms with Crippen LogP contribution < -0.4 is 27.8 Å². The SMILES string of the molecule is N#Cc1ccc(ON2P(Oc3ccc(C#N)cc3)N=P(Oc3ccccc3)(Oc3ccccc3)N(Oc3ccccc3)P2Oc2ccc(C#N)cc2)cc1. The molecule has 0 radical (unpaired) electrons. The van der Waals surface area contributed by atoms with Crippen molar-refractivity contribution < 1.29 is 27.8 Å². The second kappa shape index (κ2) is 17.0. The molecule has 0 fully saturated rings. The highest BCUT2D eigenvalue weighted by Gasteiger charge is 2.58. The first kappa shape index (κ1) is 36.0. The smallest absolute Gasteiger partial charge is 0.440 e. The van der Waals surface area contributed by atoms with Gasteiger partial charge in [-0.1, -0.05) is 54.6 Å². The topological polar surface area (TPSA) is 146 Å². The molecule has 7 rings (SSSR count). The standard InChI is InChI=1S/C39H27N6O6P3/c40-28-31-16-22-35(23-17-31)46-44-52(48-36-24-18-32(29-41)19-25-36)43-54(50-38-12-6-2-7-13-38,51-39-14-8-3-9-15-39)45(47-34-10-4-1-5-11-34)53(44)49-37-26-20-33(30-42)21-27-37/h1-27H. The van der Waals surface area contributed by atoms with Gasteiger partial charge >= 0.3 is 24.6 Å². The maximum atomic E-state index is 9.52. The third kappa shape index (κ3) is 8.62. The van der Waals surface area contributed by atoms with Crippen molar-refractivity contribution >= 4 is 24.6 Å². The number of para-hydroxylation sites is 3. The summed E-state index contributed by atoms with van der Waals surface area (Å²) < 4.78 is 35.3. The van der Waals surface area contributed by atoms with E-state index in [-0.39, 0.29) is 0 Å². The van der Waals surface area contributed by atoms with Gasteiger partial charge in [-0.15, -0.1) is 4.52 Å². The Bertz CT molecular complexity index is 2310. The Kier molecular flexibility index (Phi) is 11.3. The highest BCUT2D eigenvalue weighted by molar-refractivity contribution is 7.78. The van der Waals surface area contributed by atoms with Crippen LogP contribution in [0.25, 0.3) is 0 Å². The van der Waals surface area contributed by atoms with Gasteiger partial charge < -0.3 is 27.8 Å². The summed E-state index contributed by atoms with van der Waals surface area (Å²) in [7, 11) is -8.52. The van der Waals surface area contributed by atoms with Gasteiger partial charge in [0.25, 0.3) is 0 Å². The second-order valence-electron chi connectivity index (χ2n) is 11.0. The summed E-state index contributed by atoms with van der Waals surface area (Å²) in [6, 6.07) is 53.2. The molecule has 6 aromatic carbocycles. The van der Waals surface area contributed by atoms with E-state index in [0.29, 0.717) is 51.2 Å². The van der Waals surface area contributed by atoms with E-state index in [9.17, 15) is 15.8 Å². The molecule has 1 aliphatic heterocycles. The molecule has 54 heavy (non-hydrogen) atoms. The Labute approximate surface area is 314 Å². The number of nitriles is 3. The second-order valence-corrected chi connectivity index (χ2v) is 16.5. The zero-order valence-corrected chi connectivity index (χ0v) is 30.7. The van der Waals surface area contributed by atoms with Crippen molar-refractivity contribution in [2.75, 3.05) is 0 Å². The molecule has 15 heteroatoms. The van der Waals surface area contributed by atoms with Gasteiger partial charge in [-0.2, -0.15) is 15.8 Å². The van der Waals surface area contributed by atoms with Crippen LogP contribution in [0.15, 0.2) is 168 Å². The lowest BCUT2D eigenvalue weighted by atomic mass is 10.2. The fourth-order valence-corrected chi connectivity index (χ4v) is 12.2. The van der Waals surface area contributed by atoms with Crippen molar-refractivity contribution in [3.63, 3.8) is 0 Å². The number of hydrogen-bond acceptors (Lipinski definition) is 12. The molecule has 0 aromatic heterocycles. The molecule has 2 atom stereocenters. The average molecular weight is 769 g/mol. The molecule has 0 saturated heterocycles. The van der Waals surface area contributed by atoms with Crippen LogP contribution in [0.5, 0.6) is 34.5 Å². The van der Waals surface area contributed by atoms with Crippen LogP contribution in [-0.2, 0) is 0 Å². The van der Waals surface area contributed by atoms with Crippen molar-refractivity contribution in [1.29, 1.82) is 15.8 Å². The van der Waals surface area contributed by atoms with Crippen molar-refractivity contribution in [1.82, 2.24) is 9.21 Å². The normalized spacial score (nSPS) is 16.2.